The molecule has 1 aliphatic rings. The van der Waals surface area contributed by atoms with Crippen molar-refractivity contribution in [2.75, 3.05) is 30.4 Å². The summed E-state index contributed by atoms with van der Waals surface area (Å²) in [6.07, 6.45) is 1.71. The van der Waals surface area contributed by atoms with Gasteiger partial charge in [0.2, 0.25) is 5.76 Å². The molecule has 0 N–H and O–H groups in total. The lowest BCUT2D eigenvalue weighted by Gasteiger charge is -2.29. The number of hydrogen-bond donors (Lipinski definition) is 0. The Morgan fingerprint density at radius 3 is 2.80 bits per heavy atom. The first-order valence-corrected chi connectivity index (χ1v) is 11.2. The Labute approximate surface area is 180 Å². The molecule has 0 bridgehead atoms. The van der Waals surface area contributed by atoms with Crippen molar-refractivity contribution >= 4 is 40.5 Å². The number of carbonyl (C=O) groups is 1. The van der Waals surface area contributed by atoms with E-state index >= 15 is 0 Å². The minimum atomic E-state index is -0.450. The van der Waals surface area contributed by atoms with Crippen LogP contribution in [0.3, 0.4) is 0 Å². The summed E-state index contributed by atoms with van der Waals surface area (Å²) in [7, 11) is 0. The molecule has 1 aromatic heterocycles. The quantitative estimate of drug-likeness (QED) is 0.285. The third-order valence-electron chi connectivity index (χ3n) is 4.84. The van der Waals surface area contributed by atoms with Crippen molar-refractivity contribution in [3.05, 3.63) is 65.6 Å². The van der Waals surface area contributed by atoms with Crippen molar-refractivity contribution in [3.63, 3.8) is 0 Å². The molecule has 2 aromatic carbocycles. The Morgan fingerprint density at radius 1 is 1.13 bits per heavy atom. The fourth-order valence-electron chi connectivity index (χ4n) is 3.53. The molecule has 5 nitrogen and oxygen atoms in total. The van der Waals surface area contributed by atoms with Crippen LogP contribution in [0.1, 0.15) is 25.2 Å². The smallest absolute Gasteiger partial charge is 0.373 e. The molecule has 2 heterocycles. The first-order valence-electron chi connectivity index (χ1n) is 10.2. The molecule has 0 spiro atoms. The number of thioether (sulfide) groups is 1. The fourth-order valence-corrected chi connectivity index (χ4v) is 4.58. The van der Waals surface area contributed by atoms with E-state index in [4.69, 9.17) is 13.9 Å². The maximum Gasteiger partial charge on any atom is 0.373 e. The highest BCUT2D eigenvalue weighted by Crippen LogP contribution is 2.35. The Bertz CT molecular complexity index is 1070. The van der Waals surface area contributed by atoms with E-state index in [0.717, 1.165) is 41.1 Å². The largest absolute Gasteiger partial charge is 0.487 e. The number of para-hydroxylation sites is 1. The van der Waals surface area contributed by atoms with Crippen LogP contribution in [0, 0.1) is 0 Å². The molecule has 156 valence electrons. The van der Waals surface area contributed by atoms with Crippen LogP contribution >= 0.6 is 11.8 Å². The Kier molecular flexibility index (Phi) is 6.33. The number of benzene rings is 2. The van der Waals surface area contributed by atoms with Crippen molar-refractivity contribution in [2.24, 2.45) is 0 Å². The van der Waals surface area contributed by atoms with Gasteiger partial charge in [-0.25, -0.2) is 4.79 Å². The summed E-state index contributed by atoms with van der Waals surface area (Å²) in [5.74, 6) is 1.75. The average molecular weight is 424 g/mol. The molecule has 0 saturated carbocycles. The van der Waals surface area contributed by atoms with Crippen molar-refractivity contribution in [2.45, 2.75) is 25.3 Å². The molecule has 0 unspecified atom stereocenters. The first-order chi connectivity index (χ1) is 14.7. The molecule has 0 saturated heterocycles. The van der Waals surface area contributed by atoms with Crippen LogP contribution in [0.5, 0.6) is 0 Å². The molecule has 3 aromatic rings. The molecule has 0 fully saturated rings. The monoisotopic (exact) mass is 423 g/mol. The van der Waals surface area contributed by atoms with Crippen molar-refractivity contribution in [3.8, 4) is 0 Å². The van der Waals surface area contributed by atoms with Gasteiger partial charge in [0.25, 0.3) is 0 Å². The van der Waals surface area contributed by atoms with E-state index in [1.807, 2.05) is 36.9 Å². The van der Waals surface area contributed by atoms with Crippen LogP contribution in [-0.2, 0) is 20.8 Å². The second kappa shape index (κ2) is 9.30. The predicted octanol–water partition coefficient (Wildman–Crippen LogP) is 5.49. The molecule has 30 heavy (non-hydrogen) atoms. The van der Waals surface area contributed by atoms with Gasteiger partial charge in [0.1, 0.15) is 11.3 Å². The summed E-state index contributed by atoms with van der Waals surface area (Å²) >= 11 is 1.90. The van der Waals surface area contributed by atoms with Crippen molar-refractivity contribution < 1.29 is 18.7 Å². The summed E-state index contributed by atoms with van der Waals surface area (Å²) in [4.78, 5) is 15.8. The van der Waals surface area contributed by atoms with Gasteiger partial charge in [-0.3, -0.25) is 0 Å². The zero-order valence-corrected chi connectivity index (χ0v) is 18.0. The number of hydrogen-bond acceptors (Lipinski definition) is 6. The van der Waals surface area contributed by atoms with E-state index in [1.54, 1.807) is 13.0 Å². The zero-order chi connectivity index (χ0) is 20.9. The highest BCUT2D eigenvalue weighted by Gasteiger charge is 2.18. The topological polar surface area (TPSA) is 51.9 Å². The number of ether oxygens (including phenoxy) is 2. The number of nitrogens with zero attached hydrogens (tertiary/aromatic N) is 1. The Hall–Kier alpha value is -2.86. The van der Waals surface area contributed by atoms with E-state index in [9.17, 15) is 4.79 Å². The lowest BCUT2D eigenvalue weighted by atomic mass is 10.1. The number of anilines is 1. The fraction of sp³-hybridized carbons (Fsp3) is 0.292. The van der Waals surface area contributed by atoms with E-state index < -0.39 is 5.97 Å². The van der Waals surface area contributed by atoms with Crippen LogP contribution in [0.4, 0.5) is 5.69 Å². The van der Waals surface area contributed by atoms with Gasteiger partial charge in [-0.1, -0.05) is 18.2 Å². The van der Waals surface area contributed by atoms with E-state index in [0.29, 0.717) is 13.2 Å². The lowest BCUT2D eigenvalue weighted by molar-refractivity contribution is -0.142. The Balaban J connectivity index is 1.57. The minimum Gasteiger partial charge on any atom is -0.487 e. The molecule has 0 atom stereocenters. The number of fused-ring (bicyclic) bond motifs is 2. The van der Waals surface area contributed by atoms with Gasteiger partial charge in [-0.2, -0.15) is 0 Å². The van der Waals surface area contributed by atoms with Gasteiger partial charge >= 0.3 is 5.97 Å². The maximum absolute atomic E-state index is 12.1. The molecule has 0 aliphatic carbocycles. The zero-order valence-electron chi connectivity index (χ0n) is 17.2. The second-order valence-corrected chi connectivity index (χ2v) is 8.05. The summed E-state index contributed by atoms with van der Waals surface area (Å²) in [6.45, 7) is 6.05. The van der Waals surface area contributed by atoms with Crippen LogP contribution < -0.4 is 4.90 Å². The third-order valence-corrected chi connectivity index (χ3v) is 5.88. The van der Waals surface area contributed by atoms with Crippen molar-refractivity contribution in [1.29, 1.82) is 0 Å². The van der Waals surface area contributed by atoms with E-state index in [-0.39, 0.29) is 5.76 Å². The average Bonchev–Trinajstić information content (AvgIpc) is 3.15. The first kappa shape index (κ1) is 20.4. The summed E-state index contributed by atoms with van der Waals surface area (Å²) in [5, 5.41) is 0.998. The summed E-state index contributed by atoms with van der Waals surface area (Å²) in [6, 6.07) is 16.4. The third kappa shape index (κ3) is 4.49. The normalized spacial score (nSPS) is 13.9. The lowest BCUT2D eigenvalue weighted by Crippen LogP contribution is -2.28. The van der Waals surface area contributed by atoms with Crippen LogP contribution in [0.25, 0.3) is 17.0 Å². The van der Waals surface area contributed by atoms with Crippen molar-refractivity contribution in [1.82, 2.24) is 0 Å². The molecular weight excluding hydrogens is 398 g/mol. The number of rotatable bonds is 7. The van der Waals surface area contributed by atoms with E-state index in [1.165, 1.54) is 10.6 Å². The SMILES string of the molecule is CCOC(=O)/C(=C\c1ccc2oc(CN3CCSc4ccccc43)cc2c1)OCC. The van der Waals surface area contributed by atoms with Crippen LogP contribution in [-0.4, -0.2) is 31.5 Å². The predicted molar refractivity (Wildman–Crippen MR) is 121 cm³/mol. The second-order valence-electron chi connectivity index (χ2n) is 6.91. The molecular formula is C24H25NO4S. The summed E-state index contributed by atoms with van der Waals surface area (Å²) in [5.41, 5.74) is 2.95. The van der Waals surface area contributed by atoms with Gasteiger partial charge in [0.15, 0.2) is 0 Å². The molecule has 0 radical (unpaired) electrons. The Morgan fingerprint density at radius 2 is 1.97 bits per heavy atom. The molecule has 6 heteroatoms. The number of carbonyl (C=O) groups excluding carboxylic acids is 1. The number of furan rings is 1. The van der Waals surface area contributed by atoms with Gasteiger partial charge in [0, 0.05) is 22.6 Å². The van der Waals surface area contributed by atoms with Gasteiger partial charge < -0.3 is 18.8 Å². The molecule has 0 amide bonds. The van der Waals surface area contributed by atoms with Gasteiger partial charge in [0.05, 0.1) is 25.4 Å². The standard InChI is InChI=1S/C24H25NO4S/c1-3-27-22(24(26)28-4-2)14-17-9-10-21-18(13-17)15-19(29-21)16-25-11-12-30-23-8-6-5-7-20(23)25/h5-10,13-15H,3-4,11-12,16H2,1-2H3/b22-14+. The highest BCUT2D eigenvalue weighted by molar-refractivity contribution is 7.99. The maximum atomic E-state index is 12.1. The highest BCUT2D eigenvalue weighted by atomic mass is 32.2. The molecule has 1 aliphatic heterocycles. The van der Waals surface area contributed by atoms with E-state index in [2.05, 4.69) is 35.2 Å². The van der Waals surface area contributed by atoms with Gasteiger partial charge in [-0.15, -0.1) is 11.8 Å². The van der Waals surface area contributed by atoms with Crippen LogP contribution in [0.15, 0.2) is 63.6 Å². The summed E-state index contributed by atoms with van der Waals surface area (Å²) < 4.78 is 16.6. The molecule has 4 rings (SSSR count). The number of esters is 1. The van der Waals surface area contributed by atoms with Gasteiger partial charge in [-0.05, 0) is 55.8 Å². The minimum absolute atomic E-state index is 0.213. The van der Waals surface area contributed by atoms with Crippen LogP contribution in [0.2, 0.25) is 0 Å².